The summed E-state index contributed by atoms with van der Waals surface area (Å²) in [6, 6.07) is 14.3. The van der Waals surface area contributed by atoms with E-state index in [4.69, 9.17) is 4.74 Å². The van der Waals surface area contributed by atoms with Crippen LogP contribution in [-0.2, 0) is 13.1 Å². The molecule has 0 unspecified atom stereocenters. The molecule has 1 N–H and O–H groups in total. The molecule has 2 amide bonds. The van der Waals surface area contributed by atoms with Gasteiger partial charge in [-0.25, -0.2) is 4.68 Å². The number of benzene rings is 2. The number of pyridine rings is 1. The third kappa shape index (κ3) is 9.43. The number of piperazine rings is 1. The molecule has 1 saturated heterocycles. The first kappa shape index (κ1) is 34.2. The van der Waals surface area contributed by atoms with E-state index in [2.05, 4.69) is 30.2 Å². The van der Waals surface area contributed by atoms with Crippen LogP contribution in [0.2, 0.25) is 0 Å². The van der Waals surface area contributed by atoms with Gasteiger partial charge in [-0.2, -0.15) is 13.2 Å². The predicted octanol–water partition coefficient (Wildman–Crippen LogP) is 5.08. The number of halogens is 6. The van der Waals surface area contributed by atoms with E-state index in [9.17, 15) is 35.9 Å². The number of carbonyl (C=O) groups excluding carboxylic acids is 2. The van der Waals surface area contributed by atoms with Crippen LogP contribution in [0.1, 0.15) is 37.8 Å². The molecule has 0 atom stereocenters. The number of amides is 2. The highest BCUT2D eigenvalue weighted by Crippen LogP contribution is 2.24. The summed E-state index contributed by atoms with van der Waals surface area (Å²) in [5, 5.41) is 10.8. The summed E-state index contributed by atoms with van der Waals surface area (Å²) >= 11 is 0. The van der Waals surface area contributed by atoms with E-state index in [-0.39, 0.29) is 35.3 Å². The van der Waals surface area contributed by atoms with Crippen LogP contribution in [-0.4, -0.2) is 86.9 Å². The normalized spacial score (nSPS) is 14.1. The standard InChI is InChI=1S/C31H29F6N7O4/c1-20-27(29(46)43-14-12-42(13-15-43)17-21-2-7-24(8-3-21)47-19-30(32,33)34)40-41-44(20)18-22-4-11-26(38-16-22)28(45)39-23-5-9-25(10-6-23)48-31(35,36)37/h2-11,16H,12-15,17-19H2,1H3,(H,39,45). The average Bonchev–Trinajstić information content (AvgIpc) is 3.40. The van der Waals surface area contributed by atoms with Crippen LogP contribution in [0.25, 0.3) is 0 Å². The Morgan fingerprint density at radius 3 is 2.08 bits per heavy atom. The van der Waals surface area contributed by atoms with Crippen LogP contribution >= 0.6 is 0 Å². The van der Waals surface area contributed by atoms with Gasteiger partial charge < -0.3 is 19.7 Å². The Morgan fingerprint density at radius 2 is 1.48 bits per heavy atom. The molecule has 5 rings (SSSR count). The van der Waals surface area contributed by atoms with Crippen LogP contribution in [0.5, 0.6) is 11.5 Å². The number of carbonyl (C=O) groups is 2. The Morgan fingerprint density at radius 1 is 0.833 bits per heavy atom. The average molecular weight is 678 g/mol. The molecular weight excluding hydrogens is 648 g/mol. The van der Waals surface area contributed by atoms with Crippen molar-refractivity contribution in [3.8, 4) is 11.5 Å². The van der Waals surface area contributed by atoms with Crippen molar-refractivity contribution < 1.29 is 45.4 Å². The maximum Gasteiger partial charge on any atom is 0.573 e. The molecule has 1 aliphatic rings. The quantitative estimate of drug-likeness (QED) is 0.231. The highest BCUT2D eigenvalue weighted by Gasteiger charge is 2.31. The highest BCUT2D eigenvalue weighted by atomic mass is 19.4. The number of rotatable bonds is 10. The van der Waals surface area contributed by atoms with Crippen LogP contribution in [0.3, 0.4) is 0 Å². The van der Waals surface area contributed by atoms with Crippen molar-refractivity contribution in [2.24, 2.45) is 0 Å². The van der Waals surface area contributed by atoms with Gasteiger partial charge >= 0.3 is 12.5 Å². The number of anilines is 1. The summed E-state index contributed by atoms with van der Waals surface area (Å²) in [5.41, 5.74) is 2.68. The zero-order valence-corrected chi connectivity index (χ0v) is 25.4. The minimum atomic E-state index is -4.82. The van der Waals surface area contributed by atoms with E-state index >= 15 is 0 Å². The SMILES string of the molecule is Cc1c(C(=O)N2CCN(Cc3ccc(OCC(F)(F)F)cc3)CC2)nnn1Cc1ccc(C(=O)Nc2ccc(OC(F)(F)F)cc2)nc1. The lowest BCUT2D eigenvalue weighted by Gasteiger charge is -2.34. The van der Waals surface area contributed by atoms with Gasteiger partial charge in [-0.1, -0.05) is 23.4 Å². The van der Waals surface area contributed by atoms with Crippen molar-refractivity contribution in [2.45, 2.75) is 32.6 Å². The van der Waals surface area contributed by atoms with E-state index in [1.807, 2.05) is 0 Å². The maximum absolute atomic E-state index is 13.3. The van der Waals surface area contributed by atoms with Gasteiger partial charge in [0.05, 0.1) is 12.2 Å². The molecule has 1 aliphatic heterocycles. The molecule has 2 aromatic carbocycles. The lowest BCUT2D eigenvalue weighted by Crippen LogP contribution is -2.48. The van der Waals surface area contributed by atoms with Gasteiger partial charge in [0.15, 0.2) is 12.3 Å². The monoisotopic (exact) mass is 677 g/mol. The highest BCUT2D eigenvalue weighted by molar-refractivity contribution is 6.02. The van der Waals surface area contributed by atoms with Crippen LogP contribution in [0.15, 0.2) is 66.9 Å². The van der Waals surface area contributed by atoms with Crippen LogP contribution in [0, 0.1) is 6.92 Å². The number of alkyl halides is 6. The number of hydrogen-bond acceptors (Lipinski definition) is 8. The van der Waals surface area contributed by atoms with Crippen LogP contribution in [0.4, 0.5) is 32.0 Å². The summed E-state index contributed by atoms with van der Waals surface area (Å²) < 4.78 is 84.2. The van der Waals surface area contributed by atoms with Gasteiger partial charge in [-0.3, -0.25) is 19.5 Å². The molecule has 254 valence electrons. The van der Waals surface area contributed by atoms with E-state index < -0.39 is 30.8 Å². The number of nitrogens with one attached hydrogen (secondary N) is 1. The van der Waals surface area contributed by atoms with Gasteiger partial charge in [0.2, 0.25) is 0 Å². The largest absolute Gasteiger partial charge is 0.573 e. The molecule has 1 fully saturated rings. The Hall–Kier alpha value is -5.19. The molecule has 0 aliphatic carbocycles. The lowest BCUT2D eigenvalue weighted by molar-refractivity contribution is -0.274. The Bertz CT molecular complexity index is 1700. The van der Waals surface area contributed by atoms with E-state index in [1.54, 1.807) is 34.7 Å². The Labute approximate surface area is 270 Å². The summed E-state index contributed by atoms with van der Waals surface area (Å²) in [5.74, 6) is -1.10. The molecule has 0 saturated carbocycles. The summed E-state index contributed by atoms with van der Waals surface area (Å²) in [7, 11) is 0. The third-order valence-electron chi connectivity index (χ3n) is 7.31. The minimum absolute atomic E-state index is 0.0756. The van der Waals surface area contributed by atoms with Gasteiger partial charge in [-0.15, -0.1) is 18.3 Å². The second kappa shape index (κ2) is 14.3. The Balaban J connectivity index is 1.10. The van der Waals surface area contributed by atoms with Gasteiger partial charge in [0.25, 0.3) is 11.8 Å². The zero-order valence-electron chi connectivity index (χ0n) is 25.4. The topological polar surface area (TPSA) is 115 Å². The summed E-state index contributed by atoms with van der Waals surface area (Å²) in [6.45, 7) is 3.27. The molecule has 17 heteroatoms. The fraction of sp³-hybridized carbons (Fsp3) is 0.323. The Kier molecular flexibility index (Phi) is 10.2. The number of hydrogen-bond donors (Lipinski definition) is 1. The van der Waals surface area contributed by atoms with Crippen molar-refractivity contribution in [1.82, 2.24) is 29.8 Å². The molecule has 0 radical (unpaired) electrons. The number of aromatic nitrogens is 4. The first-order valence-electron chi connectivity index (χ1n) is 14.5. The summed E-state index contributed by atoms with van der Waals surface area (Å²) in [6.07, 6.45) is -7.75. The zero-order chi connectivity index (χ0) is 34.5. The molecular formula is C31H29F6N7O4. The van der Waals surface area contributed by atoms with Crippen molar-refractivity contribution in [1.29, 1.82) is 0 Å². The lowest BCUT2D eigenvalue weighted by atomic mass is 10.2. The summed E-state index contributed by atoms with van der Waals surface area (Å²) in [4.78, 5) is 33.8. The van der Waals surface area contributed by atoms with Gasteiger partial charge in [0.1, 0.15) is 17.2 Å². The van der Waals surface area contributed by atoms with E-state index in [1.165, 1.54) is 36.5 Å². The van der Waals surface area contributed by atoms with Gasteiger partial charge in [0, 0.05) is 44.6 Å². The molecule has 48 heavy (non-hydrogen) atoms. The molecule has 3 heterocycles. The second-order valence-electron chi connectivity index (χ2n) is 10.9. The number of ether oxygens (including phenoxy) is 2. The smallest absolute Gasteiger partial charge is 0.484 e. The van der Waals surface area contributed by atoms with Crippen LogP contribution < -0.4 is 14.8 Å². The molecule has 4 aromatic rings. The molecule has 0 bridgehead atoms. The van der Waals surface area contributed by atoms with E-state index in [0.717, 1.165) is 17.7 Å². The first-order valence-corrected chi connectivity index (χ1v) is 14.5. The third-order valence-corrected chi connectivity index (χ3v) is 7.31. The van der Waals surface area contributed by atoms with E-state index in [0.29, 0.717) is 44.0 Å². The van der Waals surface area contributed by atoms with Crippen molar-refractivity contribution in [3.63, 3.8) is 0 Å². The second-order valence-corrected chi connectivity index (χ2v) is 10.9. The molecule has 2 aromatic heterocycles. The predicted molar refractivity (Wildman–Crippen MR) is 158 cm³/mol. The van der Waals surface area contributed by atoms with Crippen molar-refractivity contribution in [2.75, 3.05) is 38.1 Å². The fourth-order valence-corrected chi connectivity index (χ4v) is 4.84. The minimum Gasteiger partial charge on any atom is -0.484 e. The first-order chi connectivity index (χ1) is 22.7. The molecule has 0 spiro atoms. The maximum atomic E-state index is 13.3. The number of nitrogens with zero attached hydrogens (tertiary/aromatic N) is 6. The fourth-order valence-electron chi connectivity index (χ4n) is 4.84. The van der Waals surface area contributed by atoms with Crippen molar-refractivity contribution >= 4 is 17.5 Å². The van der Waals surface area contributed by atoms with Crippen molar-refractivity contribution in [3.05, 3.63) is 95.1 Å². The molecule has 11 nitrogen and oxygen atoms in total. The van der Waals surface area contributed by atoms with Gasteiger partial charge in [-0.05, 0) is 60.5 Å².